The first-order valence-electron chi connectivity index (χ1n) is 3.93. The van der Waals surface area contributed by atoms with Crippen LogP contribution in [0.1, 0.15) is 26.7 Å². The van der Waals surface area contributed by atoms with Crippen molar-refractivity contribution in [3.8, 4) is 0 Å². The van der Waals surface area contributed by atoms with E-state index in [4.69, 9.17) is 4.74 Å². The molecule has 0 aromatic heterocycles. The Balaban J connectivity index is 3.22. The van der Waals surface area contributed by atoms with Gasteiger partial charge >= 0.3 is 0 Å². The number of hydrogen-bond donors (Lipinski definition) is 1. The highest BCUT2D eigenvalue weighted by molar-refractivity contribution is 5.73. The fraction of sp³-hybridized carbons (Fsp3) is 0.875. The van der Waals surface area contributed by atoms with Crippen LogP contribution < -0.4 is 5.32 Å². The zero-order chi connectivity index (χ0) is 8.69. The lowest BCUT2D eigenvalue weighted by molar-refractivity contribution is -0.119. The Bertz CT molecular complexity index is 115. The van der Waals surface area contributed by atoms with Gasteiger partial charge in [0.1, 0.15) is 0 Å². The quantitative estimate of drug-likeness (QED) is 0.606. The molecule has 1 unspecified atom stereocenters. The number of amides is 1. The minimum atomic E-state index is 0.0370. The van der Waals surface area contributed by atoms with Gasteiger partial charge in [-0.2, -0.15) is 0 Å². The standard InChI is InChI=1S/C8H17NO2/c1-7(9-8(2)10)5-4-6-11-3/h7H,4-6H2,1-3H3,(H,9,10). The molecule has 3 nitrogen and oxygen atoms in total. The van der Waals surface area contributed by atoms with Crippen LogP contribution in [0.3, 0.4) is 0 Å². The van der Waals surface area contributed by atoms with Crippen LogP contribution in [0.25, 0.3) is 0 Å². The molecule has 0 bridgehead atoms. The van der Waals surface area contributed by atoms with Crippen LogP contribution in [0.4, 0.5) is 0 Å². The monoisotopic (exact) mass is 159 g/mol. The molecule has 0 spiro atoms. The first-order valence-corrected chi connectivity index (χ1v) is 3.93. The predicted molar refractivity (Wildman–Crippen MR) is 44.4 cm³/mol. The van der Waals surface area contributed by atoms with E-state index in [1.54, 1.807) is 7.11 Å². The number of carbonyl (C=O) groups is 1. The van der Waals surface area contributed by atoms with E-state index >= 15 is 0 Å². The van der Waals surface area contributed by atoms with Gasteiger partial charge in [0.15, 0.2) is 0 Å². The maximum atomic E-state index is 10.5. The normalized spacial score (nSPS) is 12.6. The molecule has 0 aliphatic heterocycles. The van der Waals surface area contributed by atoms with E-state index in [-0.39, 0.29) is 11.9 Å². The van der Waals surface area contributed by atoms with E-state index in [0.29, 0.717) is 0 Å². The fourth-order valence-corrected chi connectivity index (χ4v) is 0.953. The Hall–Kier alpha value is -0.570. The third-order valence-corrected chi connectivity index (χ3v) is 1.44. The number of carbonyl (C=O) groups excluding carboxylic acids is 1. The Labute approximate surface area is 68.1 Å². The molecule has 0 radical (unpaired) electrons. The van der Waals surface area contributed by atoms with Crippen molar-refractivity contribution < 1.29 is 9.53 Å². The van der Waals surface area contributed by atoms with E-state index < -0.39 is 0 Å². The minimum Gasteiger partial charge on any atom is -0.385 e. The highest BCUT2D eigenvalue weighted by Crippen LogP contribution is 1.95. The van der Waals surface area contributed by atoms with E-state index in [2.05, 4.69) is 5.32 Å². The predicted octanol–water partition coefficient (Wildman–Crippen LogP) is 0.938. The summed E-state index contributed by atoms with van der Waals surface area (Å²) in [6.07, 6.45) is 1.98. The summed E-state index contributed by atoms with van der Waals surface area (Å²) in [6.45, 7) is 4.30. The molecule has 0 rings (SSSR count). The lowest BCUT2D eigenvalue weighted by atomic mass is 10.2. The summed E-state index contributed by atoms with van der Waals surface area (Å²) in [4.78, 5) is 10.5. The van der Waals surface area contributed by atoms with Crippen molar-refractivity contribution >= 4 is 5.91 Å². The number of methoxy groups -OCH3 is 1. The van der Waals surface area contributed by atoms with Crippen molar-refractivity contribution in [3.63, 3.8) is 0 Å². The molecular weight excluding hydrogens is 142 g/mol. The van der Waals surface area contributed by atoms with Gasteiger partial charge in [0.05, 0.1) is 0 Å². The SMILES string of the molecule is COCCCC(C)NC(C)=O. The number of rotatable bonds is 5. The summed E-state index contributed by atoms with van der Waals surface area (Å²) in [7, 11) is 1.68. The third kappa shape index (κ3) is 7.33. The molecule has 0 fully saturated rings. The van der Waals surface area contributed by atoms with Gasteiger partial charge in [0.2, 0.25) is 5.91 Å². The second kappa shape index (κ2) is 6.16. The van der Waals surface area contributed by atoms with Crippen LogP contribution in [-0.4, -0.2) is 25.7 Å². The molecule has 1 atom stereocenters. The largest absolute Gasteiger partial charge is 0.385 e. The van der Waals surface area contributed by atoms with Crippen molar-refractivity contribution in [1.29, 1.82) is 0 Å². The zero-order valence-electron chi connectivity index (χ0n) is 7.52. The molecule has 3 heteroatoms. The van der Waals surface area contributed by atoms with Crippen molar-refractivity contribution in [2.75, 3.05) is 13.7 Å². The van der Waals surface area contributed by atoms with Crippen LogP contribution in [0.2, 0.25) is 0 Å². The third-order valence-electron chi connectivity index (χ3n) is 1.44. The van der Waals surface area contributed by atoms with Crippen LogP contribution in [0.15, 0.2) is 0 Å². The van der Waals surface area contributed by atoms with Crippen LogP contribution >= 0.6 is 0 Å². The van der Waals surface area contributed by atoms with Crippen molar-refractivity contribution in [2.24, 2.45) is 0 Å². The van der Waals surface area contributed by atoms with Gasteiger partial charge in [-0.15, -0.1) is 0 Å². The second-order valence-corrected chi connectivity index (χ2v) is 2.74. The highest BCUT2D eigenvalue weighted by atomic mass is 16.5. The molecule has 0 aromatic rings. The van der Waals surface area contributed by atoms with Crippen LogP contribution in [0.5, 0.6) is 0 Å². The molecule has 0 saturated heterocycles. The summed E-state index contributed by atoms with van der Waals surface area (Å²) < 4.78 is 4.88. The number of hydrogen-bond acceptors (Lipinski definition) is 2. The molecule has 0 heterocycles. The molecular formula is C8H17NO2. The summed E-state index contributed by atoms with van der Waals surface area (Å²) in [5.41, 5.74) is 0. The van der Waals surface area contributed by atoms with Gasteiger partial charge in [0, 0.05) is 26.7 Å². The van der Waals surface area contributed by atoms with Gasteiger partial charge in [-0.3, -0.25) is 4.79 Å². The molecule has 11 heavy (non-hydrogen) atoms. The molecule has 0 aromatic carbocycles. The smallest absolute Gasteiger partial charge is 0.217 e. The average Bonchev–Trinajstić information content (AvgIpc) is 1.86. The van der Waals surface area contributed by atoms with Gasteiger partial charge in [-0.1, -0.05) is 0 Å². The number of nitrogens with one attached hydrogen (secondary N) is 1. The Morgan fingerprint density at radius 1 is 1.64 bits per heavy atom. The molecule has 1 amide bonds. The summed E-state index contributed by atoms with van der Waals surface area (Å²) >= 11 is 0. The van der Waals surface area contributed by atoms with E-state index in [1.165, 1.54) is 6.92 Å². The topological polar surface area (TPSA) is 38.3 Å². The summed E-state index contributed by atoms with van der Waals surface area (Å²) in [5.74, 6) is 0.0370. The van der Waals surface area contributed by atoms with Crippen LogP contribution in [0, 0.1) is 0 Å². The minimum absolute atomic E-state index is 0.0370. The van der Waals surface area contributed by atoms with E-state index in [1.807, 2.05) is 6.92 Å². The maximum Gasteiger partial charge on any atom is 0.217 e. The van der Waals surface area contributed by atoms with Gasteiger partial charge in [-0.25, -0.2) is 0 Å². The molecule has 66 valence electrons. The summed E-state index contributed by atoms with van der Waals surface area (Å²) in [5, 5.41) is 2.81. The Morgan fingerprint density at radius 2 is 2.27 bits per heavy atom. The maximum absolute atomic E-state index is 10.5. The average molecular weight is 159 g/mol. The Morgan fingerprint density at radius 3 is 2.73 bits per heavy atom. The highest BCUT2D eigenvalue weighted by Gasteiger charge is 2.01. The van der Waals surface area contributed by atoms with E-state index in [9.17, 15) is 4.79 Å². The molecule has 0 saturated carbocycles. The van der Waals surface area contributed by atoms with Gasteiger partial charge in [0.25, 0.3) is 0 Å². The first kappa shape index (κ1) is 10.4. The zero-order valence-corrected chi connectivity index (χ0v) is 7.52. The fourth-order valence-electron chi connectivity index (χ4n) is 0.953. The number of ether oxygens (including phenoxy) is 1. The second-order valence-electron chi connectivity index (χ2n) is 2.74. The lowest BCUT2D eigenvalue weighted by Gasteiger charge is -2.10. The van der Waals surface area contributed by atoms with Gasteiger partial charge in [-0.05, 0) is 19.8 Å². The van der Waals surface area contributed by atoms with Crippen molar-refractivity contribution in [3.05, 3.63) is 0 Å². The first-order chi connectivity index (χ1) is 5.16. The van der Waals surface area contributed by atoms with Gasteiger partial charge < -0.3 is 10.1 Å². The van der Waals surface area contributed by atoms with Crippen LogP contribution in [-0.2, 0) is 9.53 Å². The Kier molecular flexibility index (Phi) is 5.84. The summed E-state index contributed by atoms with van der Waals surface area (Å²) in [6, 6.07) is 0.266. The molecule has 0 aliphatic rings. The van der Waals surface area contributed by atoms with Crippen molar-refractivity contribution in [1.82, 2.24) is 5.32 Å². The van der Waals surface area contributed by atoms with Crippen molar-refractivity contribution in [2.45, 2.75) is 32.7 Å². The lowest BCUT2D eigenvalue weighted by Crippen LogP contribution is -2.30. The van der Waals surface area contributed by atoms with E-state index in [0.717, 1.165) is 19.4 Å². The molecule has 1 N–H and O–H groups in total. The molecule has 0 aliphatic carbocycles.